The van der Waals surface area contributed by atoms with Crippen LogP contribution in [0.2, 0.25) is 0 Å². The minimum Gasteiger partial charge on any atom is -0.750 e. The van der Waals surface area contributed by atoms with Crippen molar-refractivity contribution in [2.45, 2.75) is 6.92 Å². The van der Waals surface area contributed by atoms with Crippen LogP contribution < -0.4 is 29.4 Å². The topological polar surface area (TPSA) is 278 Å². The van der Waals surface area contributed by atoms with Gasteiger partial charge in [0.15, 0.2) is 0 Å². The van der Waals surface area contributed by atoms with Crippen LogP contribution in [0.4, 0.5) is 0 Å². The molecule has 0 aliphatic carbocycles. The summed E-state index contributed by atoms with van der Waals surface area (Å²) in [6.45, 7) is 2.08. The van der Waals surface area contributed by atoms with E-state index >= 15 is 0 Å². The summed E-state index contributed by atoms with van der Waals surface area (Å²) in [7, 11) is -25.2. The number of aryl methyl sites for hydroxylation is 1. The molecule has 4 atom stereocenters. The van der Waals surface area contributed by atoms with Crippen molar-refractivity contribution in [3.8, 4) is 0 Å². The molecule has 0 N–H and O–H groups in total. The second-order valence-electron chi connectivity index (χ2n) is 3.77. The standard InChI is InChI=1S/C7H8.3Ca.2HO8P3/c1-7-5-3-2-4-6-7;;;;2*1-9(2)7-11(5,6)8-10(3)4/h2-6H,1H3;;;;2*(H,5,6)/q;3*+2;;/p-2. The first-order valence-electron chi connectivity index (χ1n) is 6.06. The normalized spacial score (nSPS) is 14.8. The molecule has 0 saturated carbocycles. The van der Waals surface area contributed by atoms with E-state index in [1.807, 2.05) is 18.2 Å². The molecule has 32 heavy (non-hydrogen) atoms. The van der Waals surface area contributed by atoms with E-state index in [1.54, 1.807) is 0 Å². The first-order chi connectivity index (χ1) is 13.1. The quantitative estimate of drug-likeness (QED) is 0.214. The molecule has 1 aromatic rings. The van der Waals surface area contributed by atoms with E-state index in [4.69, 9.17) is 0 Å². The fourth-order valence-electron chi connectivity index (χ4n) is 0.891. The first kappa shape index (κ1) is 45.4. The molecule has 0 bridgehead atoms. The summed E-state index contributed by atoms with van der Waals surface area (Å²) in [5, 5.41) is 0. The SMILES string of the molecule is Cc1ccccc1.O=[P+]([O-])OP(=O)([O-])O[P+](=O)[O-].O=[P+]([O-])OP(=O)([O-])O[P+](=O)[O-].[Ca+2].[Ca+2].[Ca+2]. The minimum absolute atomic E-state index is 0. The maximum absolute atomic E-state index is 10.1. The van der Waals surface area contributed by atoms with Gasteiger partial charge in [-0.3, -0.25) is 9.13 Å². The Hall–Kier alpha value is 3.46. The molecule has 1 rings (SSSR count). The van der Waals surface area contributed by atoms with Crippen molar-refractivity contribution in [1.82, 2.24) is 0 Å². The second kappa shape index (κ2) is 24.8. The van der Waals surface area contributed by atoms with E-state index in [2.05, 4.69) is 36.3 Å². The van der Waals surface area contributed by atoms with E-state index in [1.165, 1.54) is 5.56 Å². The number of benzene rings is 1. The fraction of sp³-hybridized carbons (Fsp3) is 0.143. The van der Waals surface area contributed by atoms with Gasteiger partial charge in [0.1, 0.15) is 0 Å². The minimum atomic E-state index is -5.25. The number of phosphoric acid groups is 2. The van der Waals surface area contributed by atoms with E-state index in [0.717, 1.165) is 0 Å². The molecule has 25 heteroatoms. The first-order valence-corrected chi connectivity index (χ1v) is 13.4. The van der Waals surface area contributed by atoms with Crippen LogP contribution in [0.1, 0.15) is 5.56 Å². The Labute approximate surface area is 274 Å². The molecule has 0 aliphatic heterocycles. The van der Waals surface area contributed by atoms with Crippen LogP contribution in [0.5, 0.6) is 0 Å². The van der Waals surface area contributed by atoms with Gasteiger partial charge in [0.05, 0.1) is 0 Å². The van der Waals surface area contributed by atoms with Crippen molar-refractivity contribution in [1.29, 1.82) is 0 Å². The molecule has 0 saturated heterocycles. The summed E-state index contributed by atoms with van der Waals surface area (Å²) in [5.41, 5.74) is 1.32. The van der Waals surface area contributed by atoms with E-state index in [-0.39, 0.29) is 113 Å². The maximum Gasteiger partial charge on any atom is 2.00 e. The van der Waals surface area contributed by atoms with Crippen molar-refractivity contribution in [2.75, 3.05) is 0 Å². The third-order valence-corrected chi connectivity index (χ3v) is 6.94. The number of hydrogen-bond acceptors (Lipinski definition) is 16. The van der Waals surface area contributed by atoms with Crippen LogP contribution in [-0.2, 0) is 44.6 Å². The monoisotopic (exact) mass is 654 g/mol. The molecule has 0 radical (unpaired) electrons. The number of rotatable bonds is 8. The van der Waals surface area contributed by atoms with Crippen LogP contribution in [0.25, 0.3) is 0 Å². The summed E-state index contributed by atoms with van der Waals surface area (Å²) >= 11 is 0. The van der Waals surface area contributed by atoms with E-state index in [9.17, 15) is 56.8 Å². The third-order valence-electron chi connectivity index (χ3n) is 1.61. The zero-order valence-electron chi connectivity index (χ0n) is 15.7. The van der Waals surface area contributed by atoms with Crippen molar-refractivity contribution in [3.05, 3.63) is 35.9 Å². The molecular formula is C7H8Ca3O16P6+4. The van der Waals surface area contributed by atoms with Gasteiger partial charge in [-0.2, -0.15) is 0 Å². The Bertz CT molecular complexity index is 721. The Balaban J connectivity index is -0.000000111. The predicted octanol–water partition coefficient (Wildman–Crippen LogP) is -2.10. The van der Waals surface area contributed by atoms with Crippen molar-refractivity contribution in [2.24, 2.45) is 0 Å². The van der Waals surface area contributed by atoms with Crippen molar-refractivity contribution in [3.63, 3.8) is 0 Å². The summed E-state index contributed by atoms with van der Waals surface area (Å²) < 4.78 is 70.8. The van der Waals surface area contributed by atoms with Crippen LogP contribution >= 0.6 is 48.7 Å². The Morgan fingerprint density at radius 2 is 0.844 bits per heavy atom. The van der Waals surface area contributed by atoms with Crippen molar-refractivity contribution < 1.29 is 74.0 Å². The van der Waals surface area contributed by atoms with Crippen LogP contribution in [-0.4, -0.2) is 113 Å². The second-order valence-corrected chi connectivity index (χ2v) is 9.96. The van der Waals surface area contributed by atoms with Gasteiger partial charge in [0.2, 0.25) is 0 Å². The van der Waals surface area contributed by atoms with E-state index in [0.29, 0.717) is 0 Å². The molecule has 0 aromatic heterocycles. The van der Waals surface area contributed by atoms with Gasteiger partial charge in [-0.05, 0) is 25.2 Å². The molecular weight excluding hydrogens is 646 g/mol. The molecule has 16 nitrogen and oxygen atoms in total. The maximum atomic E-state index is 10.1. The van der Waals surface area contributed by atoms with Gasteiger partial charge in [-0.1, -0.05) is 53.1 Å². The van der Waals surface area contributed by atoms with Gasteiger partial charge in [0, 0.05) is 0 Å². The Morgan fingerprint density at radius 1 is 0.625 bits per heavy atom. The molecule has 1 aromatic carbocycles. The smallest absolute Gasteiger partial charge is 0.750 e. The molecule has 0 aliphatic rings. The van der Waals surface area contributed by atoms with E-state index < -0.39 is 48.7 Å². The molecule has 0 spiro atoms. The van der Waals surface area contributed by atoms with Crippen LogP contribution in [0, 0.1) is 6.92 Å². The Morgan fingerprint density at radius 3 is 0.969 bits per heavy atom. The Kier molecular flexibility index (Phi) is 35.1. The molecule has 0 heterocycles. The summed E-state index contributed by atoms with van der Waals surface area (Å²) in [5.74, 6) is 0. The summed E-state index contributed by atoms with van der Waals surface area (Å²) in [6, 6.07) is 10.3. The number of hydrogen-bond donors (Lipinski definition) is 0. The molecule has 164 valence electrons. The van der Waals surface area contributed by atoms with Crippen LogP contribution in [0.15, 0.2) is 30.3 Å². The zero-order valence-corrected chi connectivity index (χ0v) is 27.7. The third kappa shape index (κ3) is 35.6. The summed E-state index contributed by atoms with van der Waals surface area (Å²) in [4.78, 5) is 58.4. The van der Waals surface area contributed by atoms with Gasteiger partial charge in [0.25, 0.3) is 0 Å². The summed E-state index contributed by atoms with van der Waals surface area (Å²) in [6.07, 6.45) is 0. The fourth-order valence-corrected chi connectivity index (χ4v) is 4.28. The largest absolute Gasteiger partial charge is 2.00 e. The average Bonchev–Trinajstić information content (AvgIpc) is 2.43. The van der Waals surface area contributed by atoms with Gasteiger partial charge in [-0.15, -0.1) is 0 Å². The van der Waals surface area contributed by atoms with Gasteiger partial charge >= 0.3 is 162 Å². The van der Waals surface area contributed by atoms with Crippen molar-refractivity contribution >= 4 is 162 Å². The molecule has 4 unspecified atom stereocenters. The zero-order chi connectivity index (χ0) is 23.3. The van der Waals surface area contributed by atoms with Crippen LogP contribution in [0.3, 0.4) is 0 Å². The predicted molar refractivity (Wildman–Crippen MR) is 98.4 cm³/mol. The average molecular weight is 654 g/mol. The molecule has 0 amide bonds. The van der Waals surface area contributed by atoms with Gasteiger partial charge < -0.3 is 29.4 Å². The molecule has 0 fully saturated rings. The van der Waals surface area contributed by atoms with Gasteiger partial charge in [-0.25, -0.2) is 0 Å².